The minimum atomic E-state index is -4.79. The van der Waals surface area contributed by atoms with E-state index in [1.165, 1.54) is 0 Å². The Morgan fingerprint density at radius 2 is 2.17 bits per heavy atom. The van der Waals surface area contributed by atoms with E-state index < -0.39 is 24.9 Å². The number of nitrogens with zero attached hydrogens (tertiary/aromatic N) is 3. The van der Waals surface area contributed by atoms with Gasteiger partial charge in [-0.1, -0.05) is 6.07 Å². The lowest BCUT2D eigenvalue weighted by Crippen LogP contribution is -2.43. The van der Waals surface area contributed by atoms with Gasteiger partial charge in [-0.05, 0) is 24.6 Å². The molecule has 1 atom stereocenters. The fraction of sp³-hybridized carbons (Fsp3) is 0.357. The Kier molecular flexibility index (Phi) is 5.07. The van der Waals surface area contributed by atoms with Crippen molar-refractivity contribution in [2.75, 3.05) is 18.9 Å². The number of benzene rings is 1. The molecule has 10 heteroatoms. The highest BCUT2D eigenvalue weighted by molar-refractivity contribution is 5.90. The van der Waals surface area contributed by atoms with E-state index in [0.717, 1.165) is 18.3 Å². The predicted molar refractivity (Wildman–Crippen MR) is 78.2 cm³/mol. The zero-order valence-electron chi connectivity index (χ0n) is 12.8. The molecule has 0 radical (unpaired) electrons. The molecule has 2 N–H and O–H groups in total. The minimum Gasteiger partial charge on any atom is -0.423 e. The van der Waals surface area contributed by atoms with Gasteiger partial charge in [-0.3, -0.25) is 0 Å². The fourth-order valence-electron chi connectivity index (χ4n) is 1.85. The average molecular weight is 344 g/mol. The van der Waals surface area contributed by atoms with E-state index in [4.69, 9.17) is 9.52 Å². The summed E-state index contributed by atoms with van der Waals surface area (Å²) < 4.78 is 42.1. The zero-order chi connectivity index (χ0) is 17.9. The van der Waals surface area contributed by atoms with E-state index in [9.17, 15) is 18.0 Å². The Labute approximate surface area is 135 Å². The van der Waals surface area contributed by atoms with Gasteiger partial charge in [0.15, 0.2) is 6.10 Å². The molecular formula is C14H15F3N4O3. The second-order valence-corrected chi connectivity index (χ2v) is 5.14. The van der Waals surface area contributed by atoms with Gasteiger partial charge in [0.05, 0.1) is 6.54 Å². The molecule has 1 heterocycles. The summed E-state index contributed by atoms with van der Waals surface area (Å²) in [6.45, 7) is 0.843. The van der Waals surface area contributed by atoms with Gasteiger partial charge in [0.2, 0.25) is 12.3 Å². The van der Waals surface area contributed by atoms with Crippen LogP contribution in [0.3, 0.4) is 0 Å². The molecule has 0 saturated heterocycles. The number of likely N-dealkylation sites (N-methyl/N-ethyl adjacent to an activating group) is 1. The Balaban J connectivity index is 2.10. The van der Waals surface area contributed by atoms with Crippen molar-refractivity contribution >= 4 is 11.7 Å². The third-order valence-electron chi connectivity index (χ3n) is 3.26. The van der Waals surface area contributed by atoms with Crippen molar-refractivity contribution in [1.29, 1.82) is 0 Å². The maximum absolute atomic E-state index is 12.3. The quantitative estimate of drug-likeness (QED) is 0.889. The van der Waals surface area contributed by atoms with Gasteiger partial charge < -0.3 is 19.7 Å². The smallest absolute Gasteiger partial charge is 0.416 e. The molecule has 24 heavy (non-hydrogen) atoms. The topological polar surface area (TPSA) is 91.5 Å². The first kappa shape index (κ1) is 17.7. The van der Waals surface area contributed by atoms with Crippen LogP contribution in [0.4, 0.5) is 23.7 Å². The van der Waals surface area contributed by atoms with Crippen LogP contribution in [0.5, 0.6) is 0 Å². The molecule has 0 fully saturated rings. The number of aliphatic hydroxyl groups is 1. The standard InChI is InChI=1S/C14H15F3N4O3/c1-8-3-4-9(12-20-18-7-24-12)5-10(8)19-13(23)21(2)6-11(22)14(15,16)17/h3-5,7,11,22H,6H2,1-2H3,(H,19,23)/t11-/m1/s1. The number of carbonyl (C=O) groups excluding carboxylic acids is 1. The molecule has 0 spiro atoms. The number of aryl methyl sites for hydroxylation is 1. The van der Waals surface area contributed by atoms with Gasteiger partial charge >= 0.3 is 12.2 Å². The molecule has 0 aliphatic carbocycles. The Hall–Kier alpha value is -2.62. The van der Waals surface area contributed by atoms with Gasteiger partial charge in [0.1, 0.15) is 0 Å². The average Bonchev–Trinajstić information content (AvgIpc) is 3.02. The number of hydrogen-bond donors (Lipinski definition) is 2. The third kappa shape index (κ3) is 4.22. The molecule has 1 aromatic heterocycles. The van der Waals surface area contributed by atoms with Crippen LogP contribution >= 0.6 is 0 Å². The molecule has 0 unspecified atom stereocenters. The molecule has 0 aliphatic heterocycles. The molecule has 2 amide bonds. The number of nitrogens with one attached hydrogen (secondary N) is 1. The number of urea groups is 1. The van der Waals surface area contributed by atoms with Crippen LogP contribution in [0.1, 0.15) is 5.56 Å². The highest BCUT2D eigenvalue weighted by Gasteiger charge is 2.39. The number of alkyl halides is 3. The number of aliphatic hydroxyl groups excluding tert-OH is 1. The Morgan fingerprint density at radius 3 is 2.75 bits per heavy atom. The monoisotopic (exact) mass is 344 g/mol. The lowest BCUT2D eigenvalue weighted by Gasteiger charge is -2.23. The zero-order valence-corrected chi connectivity index (χ0v) is 12.8. The normalized spacial score (nSPS) is 12.8. The number of hydrogen-bond acceptors (Lipinski definition) is 5. The molecule has 2 rings (SSSR count). The lowest BCUT2D eigenvalue weighted by molar-refractivity contribution is -0.205. The van der Waals surface area contributed by atoms with E-state index in [1.54, 1.807) is 25.1 Å². The van der Waals surface area contributed by atoms with Crippen LogP contribution in [-0.2, 0) is 0 Å². The van der Waals surface area contributed by atoms with Gasteiger partial charge in [-0.15, -0.1) is 10.2 Å². The molecule has 1 aromatic carbocycles. The van der Waals surface area contributed by atoms with Gasteiger partial charge in [-0.25, -0.2) is 4.79 Å². The van der Waals surface area contributed by atoms with E-state index in [0.29, 0.717) is 16.8 Å². The van der Waals surface area contributed by atoms with E-state index >= 15 is 0 Å². The van der Waals surface area contributed by atoms with E-state index in [2.05, 4.69) is 15.5 Å². The van der Waals surface area contributed by atoms with Gasteiger partial charge in [-0.2, -0.15) is 13.2 Å². The first-order valence-electron chi connectivity index (χ1n) is 6.82. The summed E-state index contributed by atoms with van der Waals surface area (Å²) in [5.74, 6) is 0.242. The summed E-state index contributed by atoms with van der Waals surface area (Å²) in [7, 11) is 1.15. The van der Waals surface area contributed by atoms with Crippen LogP contribution in [0.15, 0.2) is 29.0 Å². The van der Waals surface area contributed by atoms with Gasteiger partial charge in [0.25, 0.3) is 0 Å². The van der Waals surface area contributed by atoms with Crippen molar-refractivity contribution in [3.05, 3.63) is 30.2 Å². The molecule has 0 aliphatic rings. The number of carbonyl (C=O) groups is 1. The number of halogens is 3. The molecule has 7 nitrogen and oxygen atoms in total. The first-order chi connectivity index (χ1) is 11.2. The summed E-state index contributed by atoms with van der Waals surface area (Å²) in [6.07, 6.45) is -6.25. The summed E-state index contributed by atoms with van der Waals surface area (Å²) in [5, 5.41) is 18.8. The van der Waals surface area contributed by atoms with Crippen molar-refractivity contribution < 1.29 is 27.5 Å². The summed E-state index contributed by atoms with van der Waals surface area (Å²) in [4.78, 5) is 12.8. The number of amides is 2. The predicted octanol–water partition coefficient (Wildman–Crippen LogP) is 2.43. The largest absolute Gasteiger partial charge is 0.423 e. The van der Waals surface area contributed by atoms with Crippen LogP contribution in [0, 0.1) is 6.92 Å². The van der Waals surface area contributed by atoms with Crippen molar-refractivity contribution in [1.82, 2.24) is 15.1 Å². The van der Waals surface area contributed by atoms with Crippen LogP contribution in [0.25, 0.3) is 11.5 Å². The SMILES string of the molecule is Cc1ccc(-c2nnco2)cc1NC(=O)N(C)C[C@@H](O)C(F)(F)F. The number of rotatable bonds is 4. The summed E-state index contributed by atoms with van der Waals surface area (Å²) in [6, 6.07) is 4.17. The lowest BCUT2D eigenvalue weighted by atomic mass is 10.1. The summed E-state index contributed by atoms with van der Waals surface area (Å²) >= 11 is 0. The van der Waals surface area contributed by atoms with Crippen LogP contribution in [-0.4, -0.2) is 52.1 Å². The fourth-order valence-corrected chi connectivity index (χ4v) is 1.85. The van der Waals surface area contributed by atoms with Crippen molar-refractivity contribution in [2.24, 2.45) is 0 Å². The van der Waals surface area contributed by atoms with Crippen molar-refractivity contribution in [3.8, 4) is 11.5 Å². The van der Waals surface area contributed by atoms with Crippen LogP contribution in [0.2, 0.25) is 0 Å². The van der Waals surface area contributed by atoms with Crippen LogP contribution < -0.4 is 5.32 Å². The maximum Gasteiger partial charge on any atom is 0.416 e. The Bertz CT molecular complexity index is 704. The minimum absolute atomic E-state index is 0.242. The molecule has 0 bridgehead atoms. The number of anilines is 1. The first-order valence-corrected chi connectivity index (χ1v) is 6.82. The Morgan fingerprint density at radius 1 is 1.46 bits per heavy atom. The third-order valence-corrected chi connectivity index (χ3v) is 3.26. The van der Waals surface area contributed by atoms with E-state index in [-0.39, 0.29) is 5.89 Å². The molecule has 130 valence electrons. The summed E-state index contributed by atoms with van der Waals surface area (Å²) in [5.41, 5.74) is 1.62. The highest BCUT2D eigenvalue weighted by atomic mass is 19.4. The maximum atomic E-state index is 12.3. The van der Waals surface area contributed by atoms with Crippen molar-refractivity contribution in [2.45, 2.75) is 19.2 Å². The molecule has 0 saturated carbocycles. The highest BCUT2D eigenvalue weighted by Crippen LogP contribution is 2.24. The number of aromatic nitrogens is 2. The molecular weight excluding hydrogens is 329 g/mol. The van der Waals surface area contributed by atoms with Crippen molar-refractivity contribution in [3.63, 3.8) is 0 Å². The second kappa shape index (κ2) is 6.87. The molecule has 2 aromatic rings. The second-order valence-electron chi connectivity index (χ2n) is 5.14. The van der Waals surface area contributed by atoms with Gasteiger partial charge in [0, 0.05) is 18.3 Å². The van der Waals surface area contributed by atoms with E-state index in [1.807, 2.05) is 0 Å².